The number of nitrogens with zero attached hydrogens (tertiary/aromatic N) is 2. The van der Waals surface area contributed by atoms with Crippen molar-refractivity contribution in [2.75, 3.05) is 11.4 Å². The minimum atomic E-state index is -0.936. The van der Waals surface area contributed by atoms with Crippen molar-refractivity contribution in [3.8, 4) is 11.3 Å². The van der Waals surface area contributed by atoms with Gasteiger partial charge in [-0.15, -0.1) is 11.3 Å². The van der Waals surface area contributed by atoms with Crippen molar-refractivity contribution in [1.29, 1.82) is 0 Å². The van der Waals surface area contributed by atoms with Crippen molar-refractivity contribution in [3.63, 3.8) is 0 Å². The zero-order chi connectivity index (χ0) is 29.7. The van der Waals surface area contributed by atoms with E-state index in [4.69, 9.17) is 10.1 Å². The van der Waals surface area contributed by atoms with Crippen LogP contribution < -0.4 is 10.2 Å². The number of amides is 1. The number of hydrogen-bond acceptors (Lipinski definition) is 5. The summed E-state index contributed by atoms with van der Waals surface area (Å²) in [4.78, 5) is 30.4. The van der Waals surface area contributed by atoms with E-state index < -0.39 is 5.97 Å². The van der Waals surface area contributed by atoms with Gasteiger partial charge in [0.15, 0.2) is 5.13 Å². The predicted molar refractivity (Wildman–Crippen MR) is 173 cm³/mol. The average Bonchev–Trinajstić information content (AvgIpc) is 3.50. The fourth-order valence-corrected chi connectivity index (χ4v) is 5.62. The maximum atomic E-state index is 12.4. The van der Waals surface area contributed by atoms with Crippen molar-refractivity contribution in [2.24, 2.45) is 0 Å². The van der Waals surface area contributed by atoms with Gasteiger partial charge >= 0.3 is 5.97 Å². The Bertz CT molecular complexity index is 1410. The van der Waals surface area contributed by atoms with Crippen LogP contribution in [0.3, 0.4) is 0 Å². The summed E-state index contributed by atoms with van der Waals surface area (Å²) >= 11 is 1.63. The first-order valence-electron chi connectivity index (χ1n) is 15.0. The van der Waals surface area contributed by atoms with Crippen molar-refractivity contribution < 1.29 is 14.7 Å². The second kappa shape index (κ2) is 15.9. The van der Waals surface area contributed by atoms with Gasteiger partial charge in [0.25, 0.3) is 5.91 Å². The Labute approximate surface area is 253 Å². The summed E-state index contributed by atoms with van der Waals surface area (Å²) in [5, 5.41) is 14.5. The van der Waals surface area contributed by atoms with E-state index in [1.54, 1.807) is 23.5 Å². The minimum Gasteiger partial charge on any atom is -0.481 e. The van der Waals surface area contributed by atoms with Crippen molar-refractivity contribution in [1.82, 2.24) is 10.3 Å². The first-order valence-corrected chi connectivity index (χ1v) is 15.8. The third-order valence-corrected chi connectivity index (χ3v) is 8.15. The van der Waals surface area contributed by atoms with Crippen LogP contribution in [0.15, 0.2) is 78.2 Å². The summed E-state index contributed by atoms with van der Waals surface area (Å²) in [6.07, 6.45) is 8.13. The van der Waals surface area contributed by atoms with Gasteiger partial charge in [-0.1, -0.05) is 81.6 Å². The number of aromatic nitrogens is 1. The van der Waals surface area contributed by atoms with Crippen LogP contribution >= 0.6 is 11.3 Å². The molecule has 0 fully saturated rings. The summed E-state index contributed by atoms with van der Waals surface area (Å²) in [5.41, 5.74) is 7.39. The molecule has 0 bridgehead atoms. The minimum absolute atomic E-state index is 0.102. The van der Waals surface area contributed by atoms with E-state index >= 15 is 0 Å². The number of carboxylic acid groups (broad SMARTS) is 1. The van der Waals surface area contributed by atoms with E-state index in [2.05, 4.69) is 78.0 Å². The molecule has 2 N–H and O–H groups in total. The lowest BCUT2D eigenvalue weighted by Gasteiger charge is -2.23. The van der Waals surface area contributed by atoms with Gasteiger partial charge in [0.1, 0.15) is 0 Å². The fourth-order valence-electron chi connectivity index (χ4n) is 4.76. The Balaban J connectivity index is 1.53. The quantitative estimate of drug-likeness (QED) is 0.129. The van der Waals surface area contributed by atoms with E-state index in [0.717, 1.165) is 40.5 Å². The molecule has 0 radical (unpaired) electrons. The molecule has 7 heteroatoms. The van der Waals surface area contributed by atoms with Gasteiger partial charge in [-0.05, 0) is 66.6 Å². The van der Waals surface area contributed by atoms with Crippen LogP contribution in [0.1, 0.15) is 79.4 Å². The molecule has 42 heavy (non-hydrogen) atoms. The van der Waals surface area contributed by atoms with Crippen LogP contribution in [0.5, 0.6) is 0 Å². The topological polar surface area (TPSA) is 82.5 Å². The Morgan fingerprint density at radius 3 is 2.07 bits per heavy atom. The molecule has 1 heterocycles. The number of aryl methyl sites for hydroxylation is 2. The van der Waals surface area contributed by atoms with Gasteiger partial charge in [0.05, 0.1) is 18.7 Å². The largest absolute Gasteiger partial charge is 0.481 e. The lowest BCUT2D eigenvalue weighted by Crippen LogP contribution is -2.26. The predicted octanol–water partition coefficient (Wildman–Crippen LogP) is 8.43. The molecule has 220 valence electrons. The van der Waals surface area contributed by atoms with Gasteiger partial charge in [0, 0.05) is 28.7 Å². The average molecular weight is 584 g/mol. The van der Waals surface area contributed by atoms with Gasteiger partial charge in [-0.2, -0.15) is 0 Å². The van der Waals surface area contributed by atoms with E-state index in [0.29, 0.717) is 12.1 Å². The van der Waals surface area contributed by atoms with Crippen LogP contribution in [0.25, 0.3) is 11.3 Å². The number of rotatable bonds is 16. The summed E-state index contributed by atoms with van der Waals surface area (Å²) in [6.45, 7) is 5.14. The highest BCUT2D eigenvalue weighted by molar-refractivity contribution is 7.14. The molecule has 6 nitrogen and oxygen atoms in total. The summed E-state index contributed by atoms with van der Waals surface area (Å²) in [5.74, 6) is -1.21. The summed E-state index contributed by atoms with van der Waals surface area (Å²) in [6, 6.07) is 25.0. The molecule has 1 amide bonds. The molecule has 1 aromatic heterocycles. The van der Waals surface area contributed by atoms with E-state index in [9.17, 15) is 9.59 Å². The van der Waals surface area contributed by atoms with Crippen molar-refractivity contribution >= 4 is 34.0 Å². The first kappa shape index (κ1) is 31.0. The summed E-state index contributed by atoms with van der Waals surface area (Å²) in [7, 11) is 0. The van der Waals surface area contributed by atoms with Crippen LogP contribution in [0.4, 0.5) is 10.8 Å². The highest BCUT2D eigenvalue weighted by atomic mass is 32.1. The number of unbranched alkanes of at least 4 members (excludes halogenated alkanes) is 3. The highest BCUT2D eigenvalue weighted by Gasteiger charge is 2.16. The van der Waals surface area contributed by atoms with Crippen molar-refractivity contribution in [3.05, 3.63) is 100 Å². The normalized spacial score (nSPS) is 10.9. The smallest absolute Gasteiger partial charge is 0.305 e. The number of aliphatic carboxylic acids is 1. The highest BCUT2D eigenvalue weighted by Crippen LogP contribution is 2.34. The molecule has 0 atom stereocenters. The Kier molecular flexibility index (Phi) is 11.7. The lowest BCUT2D eigenvalue weighted by atomic mass is 10.0. The maximum absolute atomic E-state index is 12.4. The fraction of sp³-hybridized carbons (Fsp3) is 0.343. The van der Waals surface area contributed by atoms with Gasteiger partial charge in [0.2, 0.25) is 0 Å². The monoisotopic (exact) mass is 583 g/mol. The van der Waals surface area contributed by atoms with Crippen molar-refractivity contribution in [2.45, 2.75) is 71.8 Å². The summed E-state index contributed by atoms with van der Waals surface area (Å²) < 4.78 is 0. The van der Waals surface area contributed by atoms with Crippen LogP contribution in [-0.2, 0) is 24.2 Å². The number of nitrogens with one attached hydrogen (secondary N) is 1. The van der Waals surface area contributed by atoms with Crippen LogP contribution in [0, 0.1) is 0 Å². The second-order valence-corrected chi connectivity index (χ2v) is 11.5. The standard InChI is InChI=1S/C35H41N3O3S/c1-3-5-7-9-27-10-16-29(17-11-27)32-25-42-35(37-32)38(31-20-14-26(15-21-31)8-6-4-2)24-28-12-18-30(19-13-28)34(41)36-23-22-33(39)40/h10-21,25H,3-9,22-24H2,1-2H3,(H,36,41)(H,39,40). The van der Waals surface area contributed by atoms with Crippen LogP contribution in [0.2, 0.25) is 0 Å². The van der Waals surface area contributed by atoms with Gasteiger partial charge in [-0.3, -0.25) is 9.59 Å². The second-order valence-electron chi connectivity index (χ2n) is 10.6. The zero-order valence-corrected chi connectivity index (χ0v) is 25.5. The molecular weight excluding hydrogens is 542 g/mol. The van der Waals surface area contributed by atoms with Gasteiger partial charge in [-0.25, -0.2) is 4.98 Å². The molecular formula is C35H41N3O3S. The molecule has 0 aliphatic heterocycles. The van der Waals surface area contributed by atoms with Crippen LogP contribution in [-0.4, -0.2) is 28.5 Å². The molecule has 0 saturated carbocycles. The first-order chi connectivity index (χ1) is 20.5. The molecule has 0 unspecified atom stereocenters. The third-order valence-electron chi connectivity index (χ3n) is 7.29. The molecule has 4 aromatic rings. The number of benzene rings is 3. The third kappa shape index (κ3) is 9.02. The Hall–Kier alpha value is -3.97. The maximum Gasteiger partial charge on any atom is 0.305 e. The number of carboxylic acids is 1. The molecule has 4 rings (SSSR count). The molecule has 3 aromatic carbocycles. The molecule has 0 spiro atoms. The SMILES string of the molecule is CCCCCc1ccc(-c2csc(N(Cc3ccc(C(=O)NCCC(=O)O)cc3)c3ccc(CCCC)cc3)n2)cc1. The van der Waals surface area contributed by atoms with E-state index in [1.807, 2.05) is 12.1 Å². The van der Waals surface area contributed by atoms with Gasteiger partial charge < -0.3 is 15.3 Å². The van der Waals surface area contributed by atoms with E-state index in [-0.39, 0.29) is 18.9 Å². The zero-order valence-electron chi connectivity index (χ0n) is 24.6. The number of carbonyl (C=O) groups is 2. The van der Waals surface area contributed by atoms with E-state index in [1.165, 1.54) is 43.2 Å². The molecule has 0 aliphatic carbocycles. The number of carbonyl (C=O) groups excluding carboxylic acids is 1. The number of anilines is 2. The molecule has 0 aliphatic rings. The molecule has 0 saturated heterocycles. The number of hydrogen-bond donors (Lipinski definition) is 2. The Morgan fingerprint density at radius 2 is 1.43 bits per heavy atom. The Morgan fingerprint density at radius 1 is 0.810 bits per heavy atom. The lowest BCUT2D eigenvalue weighted by molar-refractivity contribution is -0.136. The number of thiazole rings is 1.